The van der Waals surface area contributed by atoms with Crippen molar-refractivity contribution in [3.8, 4) is 0 Å². The van der Waals surface area contributed by atoms with E-state index in [0.29, 0.717) is 6.04 Å². The molecule has 0 saturated carbocycles. The van der Waals surface area contributed by atoms with E-state index in [1.807, 2.05) is 0 Å². The molecule has 4 heteroatoms. The molecule has 3 saturated heterocycles. The molecular weight excluding hydrogens is 252 g/mol. The largest absolute Gasteiger partial charge is 0.481 e. The van der Waals surface area contributed by atoms with Crippen molar-refractivity contribution < 1.29 is 9.90 Å². The summed E-state index contributed by atoms with van der Waals surface area (Å²) in [5.41, 5.74) is -0.470. The third-order valence-electron chi connectivity index (χ3n) is 5.85. The highest BCUT2D eigenvalue weighted by Crippen LogP contribution is 2.39. The molecule has 3 heterocycles. The number of likely N-dealkylation sites (tertiary alicyclic amines) is 1. The van der Waals surface area contributed by atoms with Gasteiger partial charge in [-0.1, -0.05) is 13.3 Å². The van der Waals surface area contributed by atoms with Gasteiger partial charge in [0.25, 0.3) is 0 Å². The normalized spacial score (nSPS) is 41.8. The monoisotopic (exact) mass is 280 g/mol. The van der Waals surface area contributed by atoms with Crippen molar-refractivity contribution in [2.45, 2.75) is 51.5 Å². The summed E-state index contributed by atoms with van der Waals surface area (Å²) in [5, 5.41) is 9.73. The Kier molecular flexibility index (Phi) is 4.04. The molecule has 0 aliphatic carbocycles. The van der Waals surface area contributed by atoms with Crippen LogP contribution < -0.4 is 0 Å². The lowest BCUT2D eigenvalue weighted by Crippen LogP contribution is -2.55. The van der Waals surface area contributed by atoms with E-state index in [-0.39, 0.29) is 0 Å². The molecule has 0 aromatic carbocycles. The molecule has 114 valence electrons. The van der Waals surface area contributed by atoms with Crippen LogP contribution >= 0.6 is 0 Å². The highest BCUT2D eigenvalue weighted by atomic mass is 16.4. The number of fused-ring (bicyclic) bond motifs is 2. The molecule has 4 nitrogen and oxygen atoms in total. The molecular formula is C16H28N2O2. The van der Waals surface area contributed by atoms with E-state index >= 15 is 0 Å². The summed E-state index contributed by atoms with van der Waals surface area (Å²) >= 11 is 0. The number of rotatable bonds is 4. The van der Waals surface area contributed by atoms with Crippen molar-refractivity contribution in [3.05, 3.63) is 0 Å². The van der Waals surface area contributed by atoms with E-state index < -0.39 is 11.4 Å². The zero-order valence-corrected chi connectivity index (χ0v) is 12.7. The molecule has 3 fully saturated rings. The maximum Gasteiger partial charge on any atom is 0.310 e. The van der Waals surface area contributed by atoms with Gasteiger partial charge < -0.3 is 10.0 Å². The zero-order valence-electron chi connectivity index (χ0n) is 12.7. The second-order valence-corrected chi connectivity index (χ2v) is 7.11. The summed E-state index contributed by atoms with van der Waals surface area (Å²) in [7, 11) is 0. The van der Waals surface area contributed by atoms with Crippen molar-refractivity contribution in [1.29, 1.82) is 0 Å². The Labute approximate surface area is 122 Å². The van der Waals surface area contributed by atoms with Crippen molar-refractivity contribution in [3.63, 3.8) is 0 Å². The quantitative estimate of drug-likeness (QED) is 0.856. The SMILES string of the molecule is CCCC1(C(=O)O)CCCN(C2CCN3CCC2C3)C1. The van der Waals surface area contributed by atoms with Gasteiger partial charge in [-0.3, -0.25) is 9.69 Å². The fourth-order valence-corrected chi connectivity index (χ4v) is 4.83. The van der Waals surface area contributed by atoms with Crippen LogP contribution in [0.1, 0.15) is 45.4 Å². The van der Waals surface area contributed by atoms with Gasteiger partial charge in [0.05, 0.1) is 5.41 Å². The van der Waals surface area contributed by atoms with Gasteiger partial charge in [-0.2, -0.15) is 0 Å². The van der Waals surface area contributed by atoms with Crippen LogP contribution in [0, 0.1) is 11.3 Å². The molecule has 4 unspecified atom stereocenters. The van der Waals surface area contributed by atoms with Crippen molar-refractivity contribution in [2.75, 3.05) is 32.7 Å². The van der Waals surface area contributed by atoms with Crippen molar-refractivity contribution in [2.24, 2.45) is 11.3 Å². The van der Waals surface area contributed by atoms with Gasteiger partial charge >= 0.3 is 5.97 Å². The molecule has 3 aliphatic heterocycles. The standard InChI is InChI=1S/C16H28N2O2/c1-2-6-16(15(19)20)7-3-8-18(12-16)14-5-10-17-9-4-13(14)11-17/h13-14H,2-12H2,1H3,(H,19,20). The fourth-order valence-electron chi connectivity index (χ4n) is 4.83. The zero-order chi connectivity index (χ0) is 14.2. The van der Waals surface area contributed by atoms with Gasteiger partial charge in [0.2, 0.25) is 0 Å². The third-order valence-corrected chi connectivity index (χ3v) is 5.85. The lowest BCUT2D eigenvalue weighted by molar-refractivity contribution is -0.154. The van der Waals surface area contributed by atoms with Crippen molar-refractivity contribution in [1.82, 2.24) is 9.80 Å². The van der Waals surface area contributed by atoms with Crippen LogP contribution in [-0.4, -0.2) is 59.6 Å². The summed E-state index contributed by atoms with van der Waals surface area (Å²) in [6.07, 6.45) is 6.29. The Morgan fingerprint density at radius 3 is 2.85 bits per heavy atom. The highest BCUT2D eigenvalue weighted by molar-refractivity contribution is 5.75. The second kappa shape index (κ2) is 5.64. The smallest absolute Gasteiger partial charge is 0.310 e. The Hall–Kier alpha value is -0.610. The number of carbonyl (C=O) groups is 1. The number of hydrogen-bond donors (Lipinski definition) is 1. The molecule has 0 radical (unpaired) electrons. The van der Waals surface area contributed by atoms with Gasteiger partial charge in [-0.25, -0.2) is 0 Å². The maximum atomic E-state index is 11.8. The average molecular weight is 280 g/mol. The van der Waals surface area contributed by atoms with Gasteiger partial charge in [-0.05, 0) is 57.7 Å². The Bertz CT molecular complexity index is 369. The molecule has 3 aliphatic rings. The van der Waals surface area contributed by atoms with Gasteiger partial charge in [0.15, 0.2) is 0 Å². The fraction of sp³-hybridized carbons (Fsp3) is 0.938. The molecule has 20 heavy (non-hydrogen) atoms. The topological polar surface area (TPSA) is 43.8 Å². The molecule has 0 amide bonds. The summed E-state index contributed by atoms with van der Waals surface area (Å²) in [6.45, 7) is 7.73. The number of aliphatic carboxylic acids is 1. The van der Waals surface area contributed by atoms with Crippen LogP contribution in [0.4, 0.5) is 0 Å². The van der Waals surface area contributed by atoms with Crippen molar-refractivity contribution >= 4 is 5.97 Å². The van der Waals surface area contributed by atoms with Crippen LogP contribution in [0.3, 0.4) is 0 Å². The minimum Gasteiger partial charge on any atom is -0.481 e. The number of piperidine rings is 2. The van der Waals surface area contributed by atoms with E-state index in [1.165, 1.54) is 32.5 Å². The first-order valence-electron chi connectivity index (χ1n) is 8.34. The van der Waals surface area contributed by atoms with Gasteiger partial charge in [0, 0.05) is 19.1 Å². The van der Waals surface area contributed by atoms with E-state index in [2.05, 4.69) is 16.7 Å². The molecule has 1 N–H and O–H groups in total. The first-order valence-corrected chi connectivity index (χ1v) is 8.34. The minimum atomic E-state index is -0.562. The van der Waals surface area contributed by atoms with E-state index in [0.717, 1.165) is 44.7 Å². The second-order valence-electron chi connectivity index (χ2n) is 7.11. The molecule has 4 atom stereocenters. The first kappa shape index (κ1) is 14.3. The lowest BCUT2D eigenvalue weighted by atomic mass is 9.75. The number of hydrogen-bond acceptors (Lipinski definition) is 3. The molecule has 0 aromatic rings. The van der Waals surface area contributed by atoms with Gasteiger partial charge in [0.1, 0.15) is 0 Å². The Morgan fingerprint density at radius 1 is 1.30 bits per heavy atom. The number of carboxylic acids is 1. The van der Waals surface area contributed by atoms with Crippen LogP contribution in [-0.2, 0) is 4.79 Å². The van der Waals surface area contributed by atoms with E-state index in [9.17, 15) is 9.90 Å². The summed E-state index contributed by atoms with van der Waals surface area (Å²) in [4.78, 5) is 16.9. The summed E-state index contributed by atoms with van der Waals surface area (Å²) in [5.74, 6) is 0.225. The first-order chi connectivity index (χ1) is 9.64. The van der Waals surface area contributed by atoms with Crippen LogP contribution in [0.5, 0.6) is 0 Å². The average Bonchev–Trinajstić information content (AvgIpc) is 2.81. The molecule has 3 rings (SSSR count). The Balaban J connectivity index is 1.72. The maximum absolute atomic E-state index is 11.8. The van der Waals surface area contributed by atoms with E-state index in [1.54, 1.807) is 0 Å². The van der Waals surface area contributed by atoms with Crippen LogP contribution in [0.2, 0.25) is 0 Å². The Morgan fingerprint density at radius 2 is 2.10 bits per heavy atom. The van der Waals surface area contributed by atoms with Gasteiger partial charge in [-0.15, -0.1) is 0 Å². The third kappa shape index (κ3) is 2.48. The molecule has 0 spiro atoms. The predicted molar refractivity (Wildman–Crippen MR) is 78.7 cm³/mol. The predicted octanol–water partition coefficient (Wildman–Crippen LogP) is 2.05. The number of carboxylic acid groups (broad SMARTS) is 1. The lowest BCUT2D eigenvalue weighted by Gasteiger charge is -2.46. The molecule has 2 bridgehead atoms. The van der Waals surface area contributed by atoms with Crippen LogP contribution in [0.15, 0.2) is 0 Å². The highest BCUT2D eigenvalue weighted by Gasteiger charge is 2.45. The van der Waals surface area contributed by atoms with Crippen LogP contribution in [0.25, 0.3) is 0 Å². The molecule has 0 aromatic heterocycles. The number of nitrogens with zero attached hydrogens (tertiary/aromatic N) is 2. The summed E-state index contributed by atoms with van der Waals surface area (Å²) < 4.78 is 0. The summed E-state index contributed by atoms with van der Waals surface area (Å²) in [6, 6.07) is 0.643. The van der Waals surface area contributed by atoms with E-state index in [4.69, 9.17) is 0 Å². The minimum absolute atomic E-state index is 0.470.